The van der Waals surface area contributed by atoms with Crippen molar-refractivity contribution >= 4 is 17.7 Å². The molecule has 3 rings (SSSR count). The molecular weight excluding hydrogens is 224 g/mol. The number of hydrogen-bond donors (Lipinski definition) is 0. The Morgan fingerprint density at radius 3 is 2.18 bits per heavy atom. The summed E-state index contributed by atoms with van der Waals surface area (Å²) in [5.74, 6) is -2.38. The molecule has 3 aliphatic carbocycles. The van der Waals surface area contributed by atoms with Crippen molar-refractivity contribution in [3.05, 3.63) is 0 Å². The summed E-state index contributed by atoms with van der Waals surface area (Å²) in [6.45, 7) is 0. The second kappa shape index (κ2) is 4.47. The second-order valence-corrected chi connectivity index (χ2v) is 4.71. The topological polar surface area (TPSA) is 69.7 Å². The highest BCUT2D eigenvalue weighted by Gasteiger charge is 2.55. The average Bonchev–Trinajstić information content (AvgIpc) is 2.36. The fourth-order valence-electron chi connectivity index (χ4n) is 3.22. The van der Waals surface area contributed by atoms with E-state index in [4.69, 9.17) is 9.47 Å². The molecule has 17 heavy (non-hydrogen) atoms. The Labute approximate surface area is 99.5 Å². The van der Waals surface area contributed by atoms with Crippen molar-refractivity contribution in [3.8, 4) is 0 Å². The van der Waals surface area contributed by atoms with Crippen LogP contribution in [0.1, 0.15) is 19.3 Å². The first-order valence-corrected chi connectivity index (χ1v) is 5.78. The fourth-order valence-corrected chi connectivity index (χ4v) is 3.22. The van der Waals surface area contributed by atoms with E-state index >= 15 is 0 Å². The summed E-state index contributed by atoms with van der Waals surface area (Å²) in [6, 6.07) is 0. The van der Waals surface area contributed by atoms with Crippen LogP contribution in [-0.4, -0.2) is 31.9 Å². The van der Waals surface area contributed by atoms with Crippen molar-refractivity contribution in [1.29, 1.82) is 0 Å². The first-order valence-electron chi connectivity index (χ1n) is 5.78. The van der Waals surface area contributed by atoms with Crippen molar-refractivity contribution in [3.63, 3.8) is 0 Å². The average molecular weight is 240 g/mol. The normalized spacial score (nSPS) is 35.5. The number of Topliss-reactive ketones (excluding diaryl/α,β-unsaturated/α-hetero) is 1. The Kier molecular flexibility index (Phi) is 3.17. The molecule has 3 saturated carbocycles. The van der Waals surface area contributed by atoms with Crippen molar-refractivity contribution < 1.29 is 23.9 Å². The predicted molar refractivity (Wildman–Crippen MR) is 56.9 cm³/mol. The van der Waals surface area contributed by atoms with Gasteiger partial charge in [0.2, 0.25) is 0 Å². The Bertz CT molecular complexity index is 362. The monoisotopic (exact) mass is 240 g/mol. The van der Waals surface area contributed by atoms with E-state index in [1.165, 1.54) is 14.2 Å². The largest absolute Gasteiger partial charge is 0.469 e. The molecule has 3 fully saturated rings. The number of ketones is 1. The number of ether oxygens (including phenoxy) is 2. The summed E-state index contributed by atoms with van der Waals surface area (Å²) < 4.78 is 9.46. The highest BCUT2D eigenvalue weighted by Crippen LogP contribution is 2.47. The summed E-state index contributed by atoms with van der Waals surface area (Å²) in [6.07, 6.45) is 1.87. The lowest BCUT2D eigenvalue weighted by Gasteiger charge is -2.44. The number of rotatable bonds is 2. The Hall–Kier alpha value is -1.39. The maximum Gasteiger partial charge on any atom is 0.310 e. The first-order chi connectivity index (χ1) is 8.10. The quantitative estimate of drug-likeness (QED) is 0.660. The molecule has 0 aliphatic heterocycles. The predicted octanol–water partition coefficient (Wildman–Crippen LogP) is 0.564. The zero-order valence-corrected chi connectivity index (χ0v) is 9.97. The van der Waals surface area contributed by atoms with Crippen molar-refractivity contribution in [2.75, 3.05) is 14.2 Å². The number of esters is 2. The van der Waals surface area contributed by atoms with Gasteiger partial charge in [-0.1, -0.05) is 0 Å². The molecular formula is C12H16O5. The highest BCUT2D eigenvalue weighted by molar-refractivity contribution is 5.93. The molecule has 0 aromatic carbocycles. The number of fused-ring (bicyclic) bond motifs is 3. The third kappa shape index (κ3) is 1.83. The van der Waals surface area contributed by atoms with Gasteiger partial charge in [-0.25, -0.2) is 0 Å². The van der Waals surface area contributed by atoms with Crippen LogP contribution in [0.5, 0.6) is 0 Å². The molecule has 0 radical (unpaired) electrons. The zero-order valence-electron chi connectivity index (χ0n) is 9.97. The van der Waals surface area contributed by atoms with Gasteiger partial charge < -0.3 is 9.47 Å². The molecule has 5 nitrogen and oxygen atoms in total. The van der Waals surface area contributed by atoms with Crippen molar-refractivity contribution in [2.45, 2.75) is 19.3 Å². The van der Waals surface area contributed by atoms with Gasteiger partial charge in [0.05, 0.1) is 26.1 Å². The molecule has 0 aromatic rings. The molecule has 0 N–H and O–H groups in total. The zero-order chi connectivity index (χ0) is 12.6. The lowest BCUT2D eigenvalue weighted by molar-refractivity contribution is -0.172. The lowest BCUT2D eigenvalue weighted by atomic mass is 9.58. The highest BCUT2D eigenvalue weighted by atomic mass is 16.5. The molecule has 0 spiro atoms. The third-order valence-electron chi connectivity index (χ3n) is 4.00. The summed E-state index contributed by atoms with van der Waals surface area (Å²) in [4.78, 5) is 35.3. The molecule has 0 saturated heterocycles. The lowest BCUT2D eigenvalue weighted by Crippen LogP contribution is -2.52. The second-order valence-electron chi connectivity index (χ2n) is 4.71. The van der Waals surface area contributed by atoms with Gasteiger partial charge in [-0.2, -0.15) is 0 Å². The number of carbonyl (C=O) groups excluding carboxylic acids is 3. The summed E-state index contributed by atoms with van der Waals surface area (Å²) in [5.41, 5.74) is 0. The molecule has 3 aliphatic rings. The van der Waals surface area contributed by atoms with Crippen molar-refractivity contribution in [1.82, 2.24) is 0 Å². The standard InChI is InChI=1S/C12H16O5/c1-16-11(14)9-6-3-4-7(8(13)5-6)10(9)12(15)17-2/h6-7,9-10H,3-5H2,1-2H3/t6-,7+,9+,10-/m1/s1. The minimum absolute atomic E-state index is 0.0657. The van der Waals surface area contributed by atoms with Gasteiger partial charge in [-0.05, 0) is 18.8 Å². The summed E-state index contributed by atoms with van der Waals surface area (Å²) in [7, 11) is 2.59. The van der Waals surface area contributed by atoms with Crippen LogP contribution in [0.15, 0.2) is 0 Å². The Morgan fingerprint density at radius 1 is 1.06 bits per heavy atom. The van der Waals surface area contributed by atoms with Crippen molar-refractivity contribution in [2.24, 2.45) is 23.7 Å². The van der Waals surface area contributed by atoms with Crippen LogP contribution in [0.3, 0.4) is 0 Å². The van der Waals surface area contributed by atoms with E-state index in [1.54, 1.807) is 0 Å². The van der Waals surface area contributed by atoms with E-state index < -0.39 is 23.8 Å². The SMILES string of the molecule is COC(=O)[C@H]1[C@@H]2CC[C@@H](C(=O)C2)[C@H]1C(=O)OC. The Balaban J connectivity index is 2.32. The van der Waals surface area contributed by atoms with E-state index in [0.29, 0.717) is 12.8 Å². The number of methoxy groups -OCH3 is 2. The van der Waals surface area contributed by atoms with Gasteiger partial charge in [0.15, 0.2) is 0 Å². The minimum Gasteiger partial charge on any atom is -0.469 e. The van der Waals surface area contributed by atoms with Gasteiger partial charge in [0, 0.05) is 12.3 Å². The van der Waals surface area contributed by atoms with Crippen LogP contribution in [0.4, 0.5) is 0 Å². The molecule has 0 unspecified atom stereocenters. The molecule has 0 amide bonds. The van der Waals surface area contributed by atoms with Crippen LogP contribution in [0.2, 0.25) is 0 Å². The van der Waals surface area contributed by atoms with Gasteiger partial charge in [0.1, 0.15) is 5.78 Å². The molecule has 5 heteroatoms. The molecule has 4 atom stereocenters. The van der Waals surface area contributed by atoms with Crippen LogP contribution >= 0.6 is 0 Å². The van der Waals surface area contributed by atoms with E-state index in [0.717, 1.165) is 6.42 Å². The molecule has 0 aromatic heterocycles. The fraction of sp³-hybridized carbons (Fsp3) is 0.750. The maximum atomic E-state index is 11.8. The minimum atomic E-state index is -0.646. The molecule has 2 bridgehead atoms. The van der Waals surface area contributed by atoms with Crippen LogP contribution in [-0.2, 0) is 23.9 Å². The molecule has 0 heterocycles. The third-order valence-corrected chi connectivity index (χ3v) is 4.00. The smallest absolute Gasteiger partial charge is 0.310 e. The molecule has 94 valence electrons. The maximum absolute atomic E-state index is 11.8. The van der Waals surface area contributed by atoms with E-state index in [9.17, 15) is 14.4 Å². The van der Waals surface area contributed by atoms with Gasteiger partial charge >= 0.3 is 11.9 Å². The van der Waals surface area contributed by atoms with Gasteiger partial charge in [0.25, 0.3) is 0 Å². The van der Waals surface area contributed by atoms with Crippen LogP contribution < -0.4 is 0 Å². The van der Waals surface area contributed by atoms with E-state index in [1.807, 2.05) is 0 Å². The van der Waals surface area contributed by atoms with Gasteiger partial charge in [-0.3, -0.25) is 14.4 Å². The van der Waals surface area contributed by atoms with E-state index in [2.05, 4.69) is 0 Å². The van der Waals surface area contributed by atoms with Crippen LogP contribution in [0, 0.1) is 23.7 Å². The number of hydrogen-bond acceptors (Lipinski definition) is 5. The summed E-state index contributed by atoms with van der Waals surface area (Å²) in [5, 5.41) is 0. The Morgan fingerprint density at radius 2 is 1.65 bits per heavy atom. The number of carbonyl (C=O) groups is 3. The summed E-state index contributed by atoms with van der Waals surface area (Å²) >= 11 is 0. The van der Waals surface area contributed by atoms with E-state index in [-0.39, 0.29) is 17.6 Å². The first kappa shape index (κ1) is 12.1. The van der Waals surface area contributed by atoms with Crippen LogP contribution in [0.25, 0.3) is 0 Å². The van der Waals surface area contributed by atoms with Gasteiger partial charge in [-0.15, -0.1) is 0 Å².